The molecule has 100 valence electrons. The Bertz CT molecular complexity index is 399. The highest BCUT2D eigenvalue weighted by molar-refractivity contribution is 4.94. The van der Waals surface area contributed by atoms with Crippen molar-refractivity contribution in [3.63, 3.8) is 0 Å². The summed E-state index contributed by atoms with van der Waals surface area (Å²) in [7, 11) is 0. The zero-order valence-corrected chi connectivity index (χ0v) is 10.9. The number of ether oxygens (including phenoxy) is 1. The van der Waals surface area contributed by atoms with Gasteiger partial charge in [0.2, 0.25) is 5.89 Å². The van der Waals surface area contributed by atoms with Crippen LogP contribution in [0.2, 0.25) is 0 Å². The lowest BCUT2D eigenvalue weighted by Gasteiger charge is -2.38. The molecule has 2 aliphatic rings. The van der Waals surface area contributed by atoms with Crippen LogP contribution in [0.25, 0.3) is 0 Å². The zero-order valence-electron chi connectivity index (χ0n) is 10.9. The van der Waals surface area contributed by atoms with Gasteiger partial charge < -0.3 is 14.6 Å². The Labute approximate surface area is 107 Å². The van der Waals surface area contributed by atoms with Gasteiger partial charge in [0.05, 0.1) is 12.1 Å². The van der Waals surface area contributed by atoms with Crippen LogP contribution in [0.15, 0.2) is 4.52 Å². The number of hydrogen-bond donors (Lipinski definition) is 1. The Balaban J connectivity index is 1.53. The molecule has 0 bridgehead atoms. The molecular weight excluding hydrogens is 230 g/mol. The highest BCUT2D eigenvalue weighted by atomic mass is 16.5. The minimum Gasteiger partial charge on any atom is -0.375 e. The Morgan fingerprint density at radius 2 is 2.22 bits per heavy atom. The molecule has 2 heterocycles. The standard InChI is InChI=1S/C13H21N3O2/c1-10-15-12(16-18-10)9-14-11-4-7-17-13(8-11)5-2-3-6-13/h11,14H,2-9H2,1H3. The van der Waals surface area contributed by atoms with Crippen LogP contribution in [-0.4, -0.2) is 28.4 Å². The van der Waals surface area contributed by atoms with Gasteiger partial charge in [0.25, 0.3) is 0 Å². The van der Waals surface area contributed by atoms with Gasteiger partial charge in [0.15, 0.2) is 5.82 Å². The predicted octanol–water partition coefficient (Wildman–Crippen LogP) is 1.96. The van der Waals surface area contributed by atoms with E-state index >= 15 is 0 Å². The molecule has 1 aromatic rings. The van der Waals surface area contributed by atoms with E-state index in [-0.39, 0.29) is 5.60 Å². The minimum atomic E-state index is 0.170. The molecule has 1 aliphatic carbocycles. The van der Waals surface area contributed by atoms with Gasteiger partial charge in [0.1, 0.15) is 0 Å². The first-order valence-corrected chi connectivity index (χ1v) is 6.92. The van der Waals surface area contributed by atoms with Crippen LogP contribution < -0.4 is 5.32 Å². The van der Waals surface area contributed by atoms with Gasteiger partial charge in [-0.2, -0.15) is 4.98 Å². The summed E-state index contributed by atoms with van der Waals surface area (Å²) in [5.41, 5.74) is 0.170. The van der Waals surface area contributed by atoms with Crippen molar-refractivity contribution in [1.82, 2.24) is 15.5 Å². The summed E-state index contributed by atoms with van der Waals surface area (Å²) in [5.74, 6) is 1.38. The van der Waals surface area contributed by atoms with Crippen molar-refractivity contribution in [3.8, 4) is 0 Å². The summed E-state index contributed by atoms with van der Waals surface area (Å²) in [6.07, 6.45) is 7.30. The highest BCUT2D eigenvalue weighted by Gasteiger charge is 2.39. The molecule has 5 nitrogen and oxygen atoms in total. The number of nitrogens with one attached hydrogen (secondary N) is 1. The SMILES string of the molecule is Cc1nc(CNC2CCOC3(CCCC3)C2)no1. The molecular formula is C13H21N3O2. The summed E-state index contributed by atoms with van der Waals surface area (Å²) in [4.78, 5) is 4.21. The van der Waals surface area contributed by atoms with Crippen molar-refractivity contribution in [1.29, 1.82) is 0 Å². The van der Waals surface area contributed by atoms with E-state index in [1.54, 1.807) is 0 Å². The lowest BCUT2D eigenvalue weighted by atomic mass is 9.89. The largest absolute Gasteiger partial charge is 0.375 e. The molecule has 0 amide bonds. The fourth-order valence-electron chi connectivity index (χ4n) is 3.22. The molecule has 3 rings (SSSR count). The van der Waals surface area contributed by atoms with E-state index < -0.39 is 0 Å². The smallest absolute Gasteiger partial charge is 0.223 e. The third kappa shape index (κ3) is 2.57. The van der Waals surface area contributed by atoms with Crippen LogP contribution in [0.3, 0.4) is 0 Å². The summed E-state index contributed by atoms with van der Waals surface area (Å²) < 4.78 is 11.0. The summed E-state index contributed by atoms with van der Waals surface area (Å²) in [5, 5.41) is 7.45. The van der Waals surface area contributed by atoms with Gasteiger partial charge in [-0.15, -0.1) is 0 Å². The first-order chi connectivity index (χ1) is 8.76. The second-order valence-electron chi connectivity index (χ2n) is 5.54. The lowest BCUT2D eigenvalue weighted by molar-refractivity contribution is -0.0838. The second kappa shape index (κ2) is 4.97. The van der Waals surface area contributed by atoms with Crippen molar-refractivity contribution in [2.24, 2.45) is 0 Å². The van der Waals surface area contributed by atoms with Gasteiger partial charge in [-0.3, -0.25) is 0 Å². The average Bonchev–Trinajstić information content (AvgIpc) is 2.97. The quantitative estimate of drug-likeness (QED) is 0.889. The Morgan fingerprint density at radius 1 is 1.39 bits per heavy atom. The second-order valence-corrected chi connectivity index (χ2v) is 5.54. The lowest BCUT2D eigenvalue weighted by Crippen LogP contribution is -2.45. The van der Waals surface area contributed by atoms with Gasteiger partial charge in [-0.1, -0.05) is 18.0 Å². The Kier molecular flexibility index (Phi) is 3.35. The first-order valence-electron chi connectivity index (χ1n) is 6.92. The van der Waals surface area contributed by atoms with E-state index in [1.807, 2.05) is 6.92 Å². The molecule has 0 aromatic carbocycles. The third-order valence-corrected chi connectivity index (χ3v) is 4.13. The number of nitrogens with zero attached hydrogens (tertiary/aromatic N) is 2. The van der Waals surface area contributed by atoms with Crippen molar-refractivity contribution in [2.75, 3.05) is 6.61 Å². The molecule has 1 atom stereocenters. The highest BCUT2D eigenvalue weighted by Crippen LogP contribution is 2.39. The van der Waals surface area contributed by atoms with Crippen LogP contribution in [-0.2, 0) is 11.3 Å². The maximum Gasteiger partial charge on any atom is 0.223 e. The van der Waals surface area contributed by atoms with Crippen molar-refractivity contribution in [3.05, 3.63) is 11.7 Å². The van der Waals surface area contributed by atoms with Crippen LogP contribution >= 0.6 is 0 Å². The predicted molar refractivity (Wildman–Crippen MR) is 66.0 cm³/mol. The number of hydrogen-bond acceptors (Lipinski definition) is 5. The topological polar surface area (TPSA) is 60.2 Å². The number of rotatable bonds is 3. The van der Waals surface area contributed by atoms with Gasteiger partial charge >= 0.3 is 0 Å². The molecule has 2 fully saturated rings. The van der Waals surface area contributed by atoms with Crippen LogP contribution in [0.5, 0.6) is 0 Å². The van der Waals surface area contributed by atoms with E-state index in [0.717, 1.165) is 25.3 Å². The van der Waals surface area contributed by atoms with Crippen molar-refractivity contribution in [2.45, 2.75) is 63.6 Å². The summed E-state index contributed by atoms with van der Waals surface area (Å²) in [6.45, 7) is 3.39. The summed E-state index contributed by atoms with van der Waals surface area (Å²) in [6, 6.07) is 0.524. The molecule has 0 radical (unpaired) electrons. The van der Waals surface area contributed by atoms with E-state index in [0.29, 0.717) is 18.5 Å². The van der Waals surface area contributed by atoms with E-state index in [1.165, 1.54) is 25.7 Å². The number of aromatic nitrogens is 2. The molecule has 1 saturated carbocycles. The molecule has 18 heavy (non-hydrogen) atoms. The average molecular weight is 251 g/mol. The molecule has 5 heteroatoms. The maximum absolute atomic E-state index is 6.02. The summed E-state index contributed by atoms with van der Waals surface area (Å²) >= 11 is 0. The normalized spacial score (nSPS) is 26.8. The minimum absolute atomic E-state index is 0.170. The Hall–Kier alpha value is -0.940. The van der Waals surface area contributed by atoms with Gasteiger partial charge in [-0.25, -0.2) is 0 Å². The molecule has 1 unspecified atom stereocenters. The van der Waals surface area contributed by atoms with Crippen LogP contribution in [0.1, 0.15) is 50.2 Å². The molecule has 1 aliphatic heterocycles. The first kappa shape index (κ1) is 12.1. The molecule has 1 N–H and O–H groups in total. The molecule has 1 saturated heterocycles. The third-order valence-electron chi connectivity index (χ3n) is 4.13. The van der Waals surface area contributed by atoms with Gasteiger partial charge in [-0.05, 0) is 25.7 Å². The van der Waals surface area contributed by atoms with E-state index in [2.05, 4.69) is 15.5 Å². The maximum atomic E-state index is 6.02. The zero-order chi connectivity index (χ0) is 12.4. The molecule has 1 spiro atoms. The van der Waals surface area contributed by atoms with Gasteiger partial charge in [0, 0.05) is 19.6 Å². The number of aryl methyl sites for hydroxylation is 1. The van der Waals surface area contributed by atoms with Crippen LogP contribution in [0, 0.1) is 6.92 Å². The molecule has 1 aromatic heterocycles. The fraction of sp³-hybridized carbons (Fsp3) is 0.846. The van der Waals surface area contributed by atoms with E-state index in [4.69, 9.17) is 9.26 Å². The van der Waals surface area contributed by atoms with E-state index in [9.17, 15) is 0 Å². The van der Waals surface area contributed by atoms with Crippen molar-refractivity contribution < 1.29 is 9.26 Å². The van der Waals surface area contributed by atoms with Crippen molar-refractivity contribution >= 4 is 0 Å². The monoisotopic (exact) mass is 251 g/mol. The fourth-order valence-corrected chi connectivity index (χ4v) is 3.22. The van der Waals surface area contributed by atoms with Crippen LogP contribution in [0.4, 0.5) is 0 Å². The Morgan fingerprint density at radius 3 is 2.94 bits per heavy atom.